The van der Waals surface area contributed by atoms with Gasteiger partial charge in [0.2, 0.25) is 5.91 Å². The van der Waals surface area contributed by atoms with Crippen molar-refractivity contribution in [2.45, 2.75) is 19.9 Å². The van der Waals surface area contributed by atoms with Gasteiger partial charge in [-0.2, -0.15) is 0 Å². The lowest BCUT2D eigenvalue weighted by molar-refractivity contribution is -0.126. The van der Waals surface area contributed by atoms with Crippen LogP contribution in [0.3, 0.4) is 0 Å². The molecule has 0 fully saturated rings. The number of pyridine rings is 1. The Morgan fingerprint density at radius 2 is 2.19 bits per heavy atom. The first-order valence-corrected chi connectivity index (χ1v) is 7.12. The molecule has 2 aromatic rings. The zero-order valence-corrected chi connectivity index (χ0v) is 12.0. The molecule has 1 amide bonds. The van der Waals surface area contributed by atoms with Gasteiger partial charge in [-0.15, -0.1) is 0 Å². The number of benzene rings is 1. The predicted octanol–water partition coefficient (Wildman–Crippen LogP) is 2.26. The number of para-hydroxylation sites is 1. The normalized spacial score (nSPS) is 16.7. The lowest BCUT2D eigenvalue weighted by atomic mass is 9.96. The van der Waals surface area contributed by atoms with Gasteiger partial charge < -0.3 is 10.1 Å². The van der Waals surface area contributed by atoms with Gasteiger partial charge in [0.25, 0.3) is 0 Å². The molecule has 1 aromatic heterocycles. The molecule has 2 heterocycles. The Balaban J connectivity index is 1.58. The number of carbonyl (C=O) groups is 1. The minimum atomic E-state index is -0.127. The lowest BCUT2D eigenvalue weighted by Gasteiger charge is -2.24. The Hall–Kier alpha value is -2.36. The maximum absolute atomic E-state index is 12.2. The van der Waals surface area contributed by atoms with Crippen LogP contribution in [0.2, 0.25) is 0 Å². The van der Waals surface area contributed by atoms with Crippen molar-refractivity contribution >= 4 is 5.91 Å². The number of rotatable bonds is 3. The fourth-order valence-corrected chi connectivity index (χ4v) is 2.43. The molecule has 1 N–H and O–H groups in total. The number of hydrogen-bond acceptors (Lipinski definition) is 3. The first-order chi connectivity index (χ1) is 10.2. The molecule has 1 atom stereocenters. The Morgan fingerprint density at radius 3 is 3.00 bits per heavy atom. The number of nitrogens with one attached hydrogen (secondary N) is 1. The summed E-state index contributed by atoms with van der Waals surface area (Å²) >= 11 is 0. The van der Waals surface area contributed by atoms with E-state index in [9.17, 15) is 4.79 Å². The summed E-state index contributed by atoms with van der Waals surface area (Å²) in [6.07, 6.45) is 2.52. The highest BCUT2D eigenvalue weighted by atomic mass is 16.5. The SMILES string of the molecule is Cc1ccc(CNC(=O)[C@@H]2COc3ccccc3C2)cn1. The molecular formula is C17H18N2O2. The van der Waals surface area contributed by atoms with Crippen LogP contribution in [-0.4, -0.2) is 17.5 Å². The second-order valence-electron chi connectivity index (χ2n) is 5.35. The van der Waals surface area contributed by atoms with Gasteiger partial charge in [0.1, 0.15) is 12.4 Å². The van der Waals surface area contributed by atoms with E-state index >= 15 is 0 Å². The van der Waals surface area contributed by atoms with Crippen LogP contribution in [0, 0.1) is 12.8 Å². The molecule has 0 radical (unpaired) electrons. The summed E-state index contributed by atoms with van der Waals surface area (Å²) in [5.74, 6) is 0.799. The highest BCUT2D eigenvalue weighted by Gasteiger charge is 2.25. The van der Waals surface area contributed by atoms with Crippen LogP contribution in [0.15, 0.2) is 42.6 Å². The highest BCUT2D eigenvalue weighted by molar-refractivity contribution is 5.79. The number of ether oxygens (including phenoxy) is 1. The van der Waals surface area contributed by atoms with E-state index < -0.39 is 0 Å². The number of fused-ring (bicyclic) bond motifs is 1. The lowest BCUT2D eigenvalue weighted by Crippen LogP contribution is -2.37. The van der Waals surface area contributed by atoms with Gasteiger partial charge in [-0.25, -0.2) is 0 Å². The van der Waals surface area contributed by atoms with E-state index in [0.717, 1.165) is 29.0 Å². The fourth-order valence-electron chi connectivity index (χ4n) is 2.43. The van der Waals surface area contributed by atoms with E-state index in [-0.39, 0.29) is 11.8 Å². The topological polar surface area (TPSA) is 51.2 Å². The molecule has 4 nitrogen and oxygen atoms in total. The predicted molar refractivity (Wildman–Crippen MR) is 80.0 cm³/mol. The molecule has 0 bridgehead atoms. The minimum absolute atomic E-state index is 0.0325. The summed E-state index contributed by atoms with van der Waals surface area (Å²) < 4.78 is 5.65. The summed E-state index contributed by atoms with van der Waals surface area (Å²) in [5.41, 5.74) is 3.08. The fraction of sp³-hybridized carbons (Fsp3) is 0.294. The minimum Gasteiger partial charge on any atom is -0.492 e. The summed E-state index contributed by atoms with van der Waals surface area (Å²) in [5, 5.41) is 2.96. The summed E-state index contributed by atoms with van der Waals surface area (Å²) in [4.78, 5) is 16.5. The van der Waals surface area contributed by atoms with Gasteiger partial charge in [-0.3, -0.25) is 9.78 Å². The Bertz CT molecular complexity index is 637. The van der Waals surface area contributed by atoms with Crippen molar-refractivity contribution in [2.75, 3.05) is 6.61 Å². The molecule has 0 saturated heterocycles. The molecule has 4 heteroatoms. The second kappa shape index (κ2) is 5.95. The van der Waals surface area contributed by atoms with Crippen LogP contribution in [-0.2, 0) is 17.8 Å². The van der Waals surface area contributed by atoms with Gasteiger partial charge in [0, 0.05) is 18.4 Å². The summed E-state index contributed by atoms with van der Waals surface area (Å²) in [6.45, 7) is 2.89. The molecule has 0 aliphatic carbocycles. The monoisotopic (exact) mass is 282 g/mol. The third kappa shape index (κ3) is 3.21. The Morgan fingerprint density at radius 1 is 1.33 bits per heavy atom. The number of amides is 1. The Labute approximate surface area is 124 Å². The average molecular weight is 282 g/mol. The number of hydrogen-bond donors (Lipinski definition) is 1. The van der Waals surface area contributed by atoms with Crippen molar-refractivity contribution < 1.29 is 9.53 Å². The molecule has 3 rings (SSSR count). The van der Waals surface area contributed by atoms with Crippen molar-refractivity contribution in [3.8, 4) is 5.75 Å². The van der Waals surface area contributed by atoms with Crippen molar-refractivity contribution in [1.82, 2.24) is 10.3 Å². The number of carbonyl (C=O) groups excluding carboxylic acids is 1. The van der Waals surface area contributed by atoms with Crippen molar-refractivity contribution in [3.63, 3.8) is 0 Å². The average Bonchev–Trinajstić information content (AvgIpc) is 2.53. The van der Waals surface area contributed by atoms with E-state index in [1.807, 2.05) is 43.3 Å². The van der Waals surface area contributed by atoms with Crippen molar-refractivity contribution in [2.24, 2.45) is 5.92 Å². The van der Waals surface area contributed by atoms with E-state index in [4.69, 9.17) is 4.74 Å². The molecule has 1 aliphatic heterocycles. The maximum Gasteiger partial charge on any atom is 0.227 e. The number of aromatic nitrogens is 1. The van der Waals surface area contributed by atoms with Crippen LogP contribution >= 0.6 is 0 Å². The standard InChI is InChI=1S/C17H18N2O2/c1-12-6-7-13(9-18-12)10-19-17(20)15-8-14-4-2-3-5-16(14)21-11-15/h2-7,9,15H,8,10-11H2,1H3,(H,19,20)/t15-/m0/s1. The summed E-state index contributed by atoms with van der Waals surface area (Å²) in [6, 6.07) is 11.8. The van der Waals surface area contributed by atoms with Crippen molar-refractivity contribution in [3.05, 3.63) is 59.4 Å². The van der Waals surface area contributed by atoms with Gasteiger partial charge in [-0.05, 0) is 36.6 Å². The molecule has 0 unspecified atom stereocenters. The number of aryl methyl sites for hydroxylation is 1. The Kier molecular flexibility index (Phi) is 3.86. The van der Waals surface area contributed by atoms with Crippen molar-refractivity contribution in [1.29, 1.82) is 0 Å². The smallest absolute Gasteiger partial charge is 0.227 e. The zero-order valence-electron chi connectivity index (χ0n) is 12.0. The molecular weight excluding hydrogens is 264 g/mol. The molecule has 0 saturated carbocycles. The molecule has 1 aromatic carbocycles. The van der Waals surface area contributed by atoms with Gasteiger partial charge in [0.05, 0.1) is 5.92 Å². The zero-order chi connectivity index (χ0) is 14.7. The van der Waals surface area contributed by atoms with E-state index in [1.54, 1.807) is 6.20 Å². The third-order valence-electron chi connectivity index (χ3n) is 3.69. The molecule has 21 heavy (non-hydrogen) atoms. The first-order valence-electron chi connectivity index (χ1n) is 7.12. The summed E-state index contributed by atoms with van der Waals surface area (Å²) in [7, 11) is 0. The largest absolute Gasteiger partial charge is 0.492 e. The van der Waals surface area contributed by atoms with Gasteiger partial charge >= 0.3 is 0 Å². The van der Waals surface area contributed by atoms with Crippen LogP contribution in [0.4, 0.5) is 0 Å². The molecule has 1 aliphatic rings. The van der Waals surface area contributed by atoms with Crippen LogP contribution < -0.4 is 10.1 Å². The second-order valence-corrected chi connectivity index (χ2v) is 5.35. The van der Waals surface area contributed by atoms with E-state index in [0.29, 0.717) is 13.2 Å². The highest BCUT2D eigenvalue weighted by Crippen LogP contribution is 2.26. The number of nitrogens with zero attached hydrogens (tertiary/aromatic N) is 1. The molecule has 0 spiro atoms. The maximum atomic E-state index is 12.2. The van der Waals surface area contributed by atoms with E-state index in [1.165, 1.54) is 0 Å². The van der Waals surface area contributed by atoms with Crippen LogP contribution in [0.25, 0.3) is 0 Å². The molecule has 108 valence electrons. The third-order valence-corrected chi connectivity index (χ3v) is 3.69. The quantitative estimate of drug-likeness (QED) is 0.939. The first kappa shape index (κ1) is 13.6. The van der Waals surface area contributed by atoms with Crippen LogP contribution in [0.5, 0.6) is 5.75 Å². The van der Waals surface area contributed by atoms with Gasteiger partial charge in [0.15, 0.2) is 0 Å². The van der Waals surface area contributed by atoms with Gasteiger partial charge in [-0.1, -0.05) is 24.3 Å². The van der Waals surface area contributed by atoms with Crippen LogP contribution in [0.1, 0.15) is 16.8 Å². The van der Waals surface area contributed by atoms with E-state index in [2.05, 4.69) is 10.3 Å².